The fraction of sp³-hybridized carbons (Fsp3) is 0.250. The highest BCUT2D eigenvalue weighted by Crippen LogP contribution is 2.29. The first-order valence-corrected chi connectivity index (χ1v) is 10.6. The van der Waals surface area contributed by atoms with Gasteiger partial charge in [-0.3, -0.25) is 0 Å². The van der Waals surface area contributed by atoms with Crippen molar-refractivity contribution in [3.05, 3.63) is 76.9 Å². The normalized spacial score (nSPS) is 15.5. The molecule has 1 aliphatic rings. The Morgan fingerprint density at radius 2 is 1.85 bits per heavy atom. The number of urea groups is 1. The first kappa shape index (κ1) is 22.8. The highest BCUT2D eigenvalue weighted by Gasteiger charge is 2.34. The number of carbonyl (C=O) groups is 3. The van der Waals surface area contributed by atoms with Crippen LogP contribution in [0.25, 0.3) is 5.65 Å². The van der Waals surface area contributed by atoms with Gasteiger partial charge in [-0.2, -0.15) is 0 Å². The van der Waals surface area contributed by atoms with E-state index in [1.165, 1.54) is 0 Å². The predicted molar refractivity (Wildman–Crippen MR) is 121 cm³/mol. The molecular formula is C24H24N4O6. The molecule has 1 aromatic carbocycles. The van der Waals surface area contributed by atoms with Gasteiger partial charge in [0, 0.05) is 11.9 Å². The summed E-state index contributed by atoms with van der Waals surface area (Å²) in [4.78, 5) is 42.2. The zero-order valence-corrected chi connectivity index (χ0v) is 19.0. The van der Waals surface area contributed by atoms with E-state index < -0.39 is 24.0 Å². The molecule has 0 fully saturated rings. The third-order valence-corrected chi connectivity index (χ3v) is 5.35. The Hall–Kier alpha value is -4.34. The van der Waals surface area contributed by atoms with Gasteiger partial charge < -0.3 is 29.2 Å². The number of pyridine rings is 1. The lowest BCUT2D eigenvalue weighted by Crippen LogP contribution is -2.47. The number of nitrogens with zero attached hydrogens (tertiary/aromatic N) is 2. The Bertz CT molecular complexity index is 1280. The van der Waals surface area contributed by atoms with Gasteiger partial charge in [0.1, 0.15) is 18.0 Å². The second kappa shape index (κ2) is 9.65. The van der Waals surface area contributed by atoms with Gasteiger partial charge in [-0.05, 0) is 43.7 Å². The lowest BCUT2D eigenvalue weighted by molar-refractivity contribution is -0.139. The summed E-state index contributed by atoms with van der Waals surface area (Å²) in [5.41, 5.74) is 2.54. The minimum atomic E-state index is -0.801. The van der Waals surface area contributed by atoms with E-state index >= 15 is 0 Å². The molecule has 2 aromatic heterocycles. The molecule has 10 nitrogen and oxygen atoms in total. The molecule has 2 N–H and O–H groups in total. The van der Waals surface area contributed by atoms with Crippen LogP contribution in [-0.2, 0) is 14.3 Å². The van der Waals surface area contributed by atoms with Gasteiger partial charge in [-0.25, -0.2) is 19.4 Å². The number of hydrogen-bond donors (Lipinski definition) is 2. The monoisotopic (exact) mass is 464 g/mol. The Morgan fingerprint density at radius 3 is 2.53 bits per heavy atom. The molecule has 0 spiro atoms. The van der Waals surface area contributed by atoms with Crippen molar-refractivity contribution in [1.82, 2.24) is 20.0 Å². The number of aryl methyl sites for hydroxylation is 1. The van der Waals surface area contributed by atoms with Gasteiger partial charge >= 0.3 is 18.0 Å². The molecule has 0 bridgehead atoms. The molecule has 0 saturated carbocycles. The van der Waals surface area contributed by atoms with Crippen molar-refractivity contribution >= 4 is 23.6 Å². The number of imidazole rings is 1. The minimum Gasteiger partial charge on any atom is -0.497 e. The molecule has 3 heterocycles. The SMILES string of the molecule is CCOC(=O)C1=C(COC(=O)c2cn3c(C)cccc3n2)NC(=O)NC1c1ccc(OC)cc1. The molecule has 1 aliphatic heterocycles. The number of fused-ring (bicyclic) bond motifs is 1. The van der Waals surface area contributed by atoms with Crippen LogP contribution in [0.4, 0.5) is 4.79 Å². The fourth-order valence-electron chi connectivity index (χ4n) is 3.69. The number of esters is 2. The number of methoxy groups -OCH3 is 1. The fourth-order valence-corrected chi connectivity index (χ4v) is 3.69. The average Bonchev–Trinajstić information content (AvgIpc) is 3.28. The molecular weight excluding hydrogens is 440 g/mol. The van der Waals surface area contributed by atoms with Gasteiger partial charge in [-0.15, -0.1) is 0 Å². The zero-order chi connectivity index (χ0) is 24.2. The number of amides is 2. The largest absolute Gasteiger partial charge is 0.497 e. The van der Waals surface area contributed by atoms with Crippen LogP contribution in [0, 0.1) is 6.92 Å². The van der Waals surface area contributed by atoms with Crippen molar-refractivity contribution in [2.24, 2.45) is 0 Å². The summed E-state index contributed by atoms with van der Waals surface area (Å²) in [6, 6.07) is 11.1. The van der Waals surface area contributed by atoms with Crippen molar-refractivity contribution in [2.45, 2.75) is 19.9 Å². The molecule has 3 aromatic rings. The van der Waals surface area contributed by atoms with Gasteiger partial charge in [-0.1, -0.05) is 18.2 Å². The van der Waals surface area contributed by atoms with E-state index in [4.69, 9.17) is 14.2 Å². The van der Waals surface area contributed by atoms with E-state index in [-0.39, 0.29) is 30.2 Å². The van der Waals surface area contributed by atoms with Crippen molar-refractivity contribution in [3.8, 4) is 5.75 Å². The molecule has 2 amide bonds. The molecule has 4 rings (SSSR count). The van der Waals surface area contributed by atoms with Gasteiger partial charge in [0.15, 0.2) is 5.69 Å². The van der Waals surface area contributed by atoms with Gasteiger partial charge in [0.2, 0.25) is 0 Å². The molecule has 176 valence electrons. The lowest BCUT2D eigenvalue weighted by atomic mass is 9.95. The molecule has 0 saturated heterocycles. The summed E-state index contributed by atoms with van der Waals surface area (Å²) >= 11 is 0. The molecule has 1 atom stereocenters. The lowest BCUT2D eigenvalue weighted by Gasteiger charge is -2.29. The van der Waals surface area contributed by atoms with Crippen molar-refractivity contribution in [1.29, 1.82) is 0 Å². The van der Waals surface area contributed by atoms with Crippen LogP contribution < -0.4 is 15.4 Å². The predicted octanol–water partition coefficient (Wildman–Crippen LogP) is 2.68. The molecule has 10 heteroatoms. The van der Waals surface area contributed by atoms with Crippen LogP contribution in [0.2, 0.25) is 0 Å². The number of rotatable bonds is 7. The Morgan fingerprint density at radius 1 is 1.09 bits per heavy atom. The van der Waals surface area contributed by atoms with Crippen molar-refractivity contribution in [3.63, 3.8) is 0 Å². The van der Waals surface area contributed by atoms with Crippen LogP contribution in [-0.4, -0.2) is 47.7 Å². The van der Waals surface area contributed by atoms with E-state index in [9.17, 15) is 14.4 Å². The summed E-state index contributed by atoms with van der Waals surface area (Å²) in [5.74, 6) is -0.694. The Labute approximate surface area is 195 Å². The smallest absolute Gasteiger partial charge is 0.358 e. The topological polar surface area (TPSA) is 120 Å². The first-order chi connectivity index (χ1) is 16.4. The Balaban J connectivity index is 1.63. The maximum atomic E-state index is 12.8. The van der Waals surface area contributed by atoms with E-state index in [2.05, 4.69) is 15.6 Å². The van der Waals surface area contributed by atoms with Crippen LogP contribution >= 0.6 is 0 Å². The summed E-state index contributed by atoms with van der Waals surface area (Å²) in [6.45, 7) is 3.37. The van der Waals surface area contributed by atoms with Crippen LogP contribution in [0.3, 0.4) is 0 Å². The van der Waals surface area contributed by atoms with Crippen LogP contribution in [0.15, 0.2) is 59.9 Å². The standard InChI is InChI=1S/C24H24N4O6/c1-4-33-23(30)20-18(26-24(31)27-21(20)15-8-10-16(32-3)11-9-15)13-34-22(29)17-12-28-14(2)6-5-7-19(28)25-17/h5-12,21H,4,13H2,1-3H3,(H2,26,27,31). The Kier molecular flexibility index (Phi) is 6.48. The van der Waals surface area contributed by atoms with E-state index in [1.807, 2.05) is 19.1 Å². The summed E-state index contributed by atoms with van der Waals surface area (Å²) in [5, 5.41) is 5.30. The number of benzene rings is 1. The highest BCUT2D eigenvalue weighted by molar-refractivity contribution is 5.95. The first-order valence-electron chi connectivity index (χ1n) is 10.6. The quantitative estimate of drug-likeness (QED) is 0.516. The molecule has 0 aliphatic carbocycles. The average molecular weight is 464 g/mol. The maximum absolute atomic E-state index is 12.8. The van der Waals surface area contributed by atoms with E-state index in [0.29, 0.717) is 17.0 Å². The zero-order valence-electron chi connectivity index (χ0n) is 19.0. The number of aromatic nitrogens is 2. The second-order valence-electron chi connectivity index (χ2n) is 7.51. The minimum absolute atomic E-state index is 0.111. The van der Waals surface area contributed by atoms with Crippen molar-refractivity contribution < 1.29 is 28.6 Å². The molecule has 1 unspecified atom stereocenters. The number of ether oxygens (including phenoxy) is 3. The third-order valence-electron chi connectivity index (χ3n) is 5.35. The molecule has 0 radical (unpaired) electrons. The number of hydrogen-bond acceptors (Lipinski definition) is 7. The number of nitrogens with one attached hydrogen (secondary N) is 2. The van der Waals surface area contributed by atoms with Crippen LogP contribution in [0.1, 0.15) is 34.7 Å². The van der Waals surface area contributed by atoms with Crippen molar-refractivity contribution in [2.75, 3.05) is 20.3 Å². The third kappa shape index (κ3) is 4.56. The second-order valence-corrected chi connectivity index (χ2v) is 7.51. The molecule has 34 heavy (non-hydrogen) atoms. The van der Waals surface area contributed by atoms with Crippen LogP contribution in [0.5, 0.6) is 5.75 Å². The maximum Gasteiger partial charge on any atom is 0.358 e. The van der Waals surface area contributed by atoms with Gasteiger partial charge in [0.25, 0.3) is 0 Å². The summed E-state index contributed by atoms with van der Waals surface area (Å²) < 4.78 is 17.6. The summed E-state index contributed by atoms with van der Waals surface area (Å²) in [7, 11) is 1.54. The van der Waals surface area contributed by atoms with E-state index in [0.717, 1.165) is 5.69 Å². The van der Waals surface area contributed by atoms with Gasteiger partial charge in [0.05, 0.1) is 31.0 Å². The number of carbonyl (C=O) groups excluding carboxylic acids is 3. The summed E-state index contributed by atoms with van der Waals surface area (Å²) in [6.07, 6.45) is 1.58. The van der Waals surface area contributed by atoms with E-state index in [1.54, 1.807) is 55.0 Å². The highest BCUT2D eigenvalue weighted by atomic mass is 16.5.